The summed E-state index contributed by atoms with van der Waals surface area (Å²) in [6.07, 6.45) is -1.71. The van der Waals surface area contributed by atoms with Gasteiger partial charge in [0.25, 0.3) is 5.56 Å². The first kappa shape index (κ1) is 18.6. The van der Waals surface area contributed by atoms with Crippen LogP contribution >= 0.6 is 0 Å². The molecule has 0 aliphatic carbocycles. The molecule has 1 unspecified atom stereocenters. The molecule has 2 aromatic carbocycles. The average molecular weight is 387 g/mol. The normalized spacial score (nSPS) is 17.9. The molecular weight excluding hydrogens is 367 g/mol. The van der Waals surface area contributed by atoms with E-state index in [1.165, 1.54) is 0 Å². The number of fused-ring (bicyclic) bond motifs is 1. The van der Waals surface area contributed by atoms with E-state index in [1.54, 1.807) is 18.3 Å². The lowest BCUT2D eigenvalue weighted by atomic mass is 10.1. The van der Waals surface area contributed by atoms with E-state index in [9.17, 15) is 18.0 Å². The highest BCUT2D eigenvalue weighted by Gasteiger charge is 2.30. The molecule has 146 valence electrons. The monoisotopic (exact) mass is 387 g/mol. The minimum absolute atomic E-state index is 0.104. The number of nitrogens with one attached hydrogen (secondary N) is 2. The fraction of sp³-hybridized carbons (Fsp3) is 0.286. The highest BCUT2D eigenvalue weighted by atomic mass is 19.4. The van der Waals surface area contributed by atoms with Crippen LogP contribution < -0.4 is 10.9 Å². The summed E-state index contributed by atoms with van der Waals surface area (Å²) in [5.74, 6) is 0. The Morgan fingerprint density at radius 3 is 2.64 bits per heavy atom. The fourth-order valence-corrected chi connectivity index (χ4v) is 3.67. The van der Waals surface area contributed by atoms with Crippen LogP contribution in [0.5, 0.6) is 0 Å². The second kappa shape index (κ2) is 7.31. The molecule has 28 heavy (non-hydrogen) atoms. The van der Waals surface area contributed by atoms with Crippen molar-refractivity contribution in [2.75, 3.05) is 18.4 Å². The lowest BCUT2D eigenvalue weighted by Crippen LogP contribution is -2.26. The molecule has 4 rings (SSSR count). The van der Waals surface area contributed by atoms with Crippen LogP contribution in [0.2, 0.25) is 0 Å². The summed E-state index contributed by atoms with van der Waals surface area (Å²) in [4.78, 5) is 16.7. The van der Waals surface area contributed by atoms with Crippen molar-refractivity contribution in [3.63, 3.8) is 0 Å². The second-order valence-electron chi connectivity index (χ2n) is 7.17. The van der Waals surface area contributed by atoms with Gasteiger partial charge in [0, 0.05) is 42.9 Å². The van der Waals surface area contributed by atoms with Crippen LogP contribution in [0.4, 0.5) is 18.9 Å². The number of aromatic nitrogens is 1. The molecule has 0 bridgehead atoms. The number of alkyl halides is 3. The van der Waals surface area contributed by atoms with Crippen molar-refractivity contribution in [1.82, 2.24) is 9.88 Å². The lowest BCUT2D eigenvalue weighted by Gasteiger charge is -2.18. The molecule has 1 fully saturated rings. The molecule has 4 nitrogen and oxygen atoms in total. The summed E-state index contributed by atoms with van der Waals surface area (Å²) in [5, 5.41) is 5.03. The Morgan fingerprint density at radius 1 is 1.11 bits per heavy atom. The third kappa shape index (κ3) is 4.04. The lowest BCUT2D eigenvalue weighted by molar-refractivity contribution is -0.137. The van der Waals surface area contributed by atoms with Crippen LogP contribution in [0.15, 0.2) is 59.5 Å². The summed E-state index contributed by atoms with van der Waals surface area (Å²) < 4.78 is 38.0. The van der Waals surface area contributed by atoms with Crippen molar-refractivity contribution < 1.29 is 13.2 Å². The standard InChI is InChI=1S/C21H20F3N3O/c22-21(23,24)16-3-1-14(2-4-16)12-27-10-8-18(13-27)26-17-5-6-19-15(11-17)7-9-25-20(19)28/h1-7,9,11,18,26H,8,10,12-13H2,(H,25,28). The molecule has 0 spiro atoms. The third-order valence-corrected chi connectivity index (χ3v) is 5.10. The predicted octanol–water partition coefficient (Wildman–Crippen LogP) is 4.23. The number of benzene rings is 2. The summed E-state index contributed by atoms with van der Waals surface area (Å²) in [5.41, 5.74) is 1.11. The van der Waals surface area contributed by atoms with Crippen molar-refractivity contribution in [3.8, 4) is 0 Å². The zero-order valence-corrected chi connectivity index (χ0v) is 15.1. The quantitative estimate of drug-likeness (QED) is 0.704. The van der Waals surface area contributed by atoms with Gasteiger partial charge in [0.05, 0.1) is 5.56 Å². The van der Waals surface area contributed by atoms with E-state index in [1.807, 2.05) is 24.3 Å². The Hall–Kier alpha value is -2.80. The molecule has 1 aromatic heterocycles. The van der Waals surface area contributed by atoms with Crippen LogP contribution in [0.1, 0.15) is 17.5 Å². The number of likely N-dealkylation sites (tertiary alicyclic amines) is 1. The van der Waals surface area contributed by atoms with Gasteiger partial charge in [-0.25, -0.2) is 0 Å². The van der Waals surface area contributed by atoms with E-state index in [0.717, 1.165) is 48.3 Å². The predicted molar refractivity (Wildman–Crippen MR) is 103 cm³/mol. The number of aromatic amines is 1. The molecule has 0 radical (unpaired) electrons. The van der Waals surface area contributed by atoms with Crippen LogP contribution in [-0.4, -0.2) is 29.0 Å². The van der Waals surface area contributed by atoms with Crippen molar-refractivity contribution in [2.24, 2.45) is 0 Å². The number of rotatable bonds is 4. The smallest absolute Gasteiger partial charge is 0.381 e. The number of pyridine rings is 1. The minimum Gasteiger partial charge on any atom is -0.381 e. The second-order valence-corrected chi connectivity index (χ2v) is 7.17. The number of halogens is 3. The van der Waals surface area contributed by atoms with Crippen LogP contribution in [0.3, 0.4) is 0 Å². The molecule has 0 saturated carbocycles. The number of hydrogen-bond donors (Lipinski definition) is 2. The SMILES string of the molecule is O=c1[nH]ccc2cc(NC3CCN(Cc4ccc(C(F)(F)F)cc4)C3)ccc12. The molecule has 3 aromatic rings. The first-order valence-electron chi connectivity index (χ1n) is 9.15. The van der Waals surface area contributed by atoms with E-state index in [0.29, 0.717) is 11.9 Å². The Kier molecular flexibility index (Phi) is 4.85. The summed E-state index contributed by atoms with van der Waals surface area (Å²) in [6.45, 7) is 2.32. The highest BCUT2D eigenvalue weighted by molar-refractivity contribution is 5.84. The number of nitrogens with zero attached hydrogens (tertiary/aromatic N) is 1. The number of H-pyrrole nitrogens is 1. The summed E-state index contributed by atoms with van der Waals surface area (Å²) in [6, 6.07) is 13.2. The van der Waals surface area contributed by atoms with Crippen molar-refractivity contribution >= 4 is 16.5 Å². The van der Waals surface area contributed by atoms with Gasteiger partial charge in [-0.3, -0.25) is 9.69 Å². The van der Waals surface area contributed by atoms with Crippen molar-refractivity contribution in [3.05, 3.63) is 76.2 Å². The van der Waals surface area contributed by atoms with Gasteiger partial charge >= 0.3 is 6.18 Å². The number of hydrogen-bond acceptors (Lipinski definition) is 3. The van der Waals surface area contributed by atoms with E-state index in [2.05, 4.69) is 15.2 Å². The first-order chi connectivity index (χ1) is 13.4. The minimum atomic E-state index is -4.30. The molecule has 1 saturated heterocycles. The average Bonchev–Trinajstić information content (AvgIpc) is 3.08. The maximum Gasteiger partial charge on any atom is 0.416 e. The van der Waals surface area contributed by atoms with Crippen molar-refractivity contribution in [2.45, 2.75) is 25.2 Å². The Morgan fingerprint density at radius 2 is 1.89 bits per heavy atom. The zero-order chi connectivity index (χ0) is 19.7. The molecule has 1 aliphatic heterocycles. The molecule has 1 aliphatic rings. The van der Waals surface area contributed by atoms with Crippen LogP contribution in [0.25, 0.3) is 10.8 Å². The number of anilines is 1. The molecule has 0 amide bonds. The Balaban J connectivity index is 1.37. The van der Waals surface area contributed by atoms with Crippen molar-refractivity contribution in [1.29, 1.82) is 0 Å². The molecule has 1 atom stereocenters. The van der Waals surface area contributed by atoms with Gasteiger partial charge in [-0.05, 0) is 53.8 Å². The van der Waals surface area contributed by atoms with Gasteiger partial charge in [0.15, 0.2) is 0 Å². The van der Waals surface area contributed by atoms with Gasteiger partial charge in [0.1, 0.15) is 0 Å². The molecular formula is C21H20F3N3O. The zero-order valence-electron chi connectivity index (χ0n) is 15.1. The van der Waals surface area contributed by atoms with E-state index in [-0.39, 0.29) is 11.6 Å². The van der Waals surface area contributed by atoms with E-state index in [4.69, 9.17) is 0 Å². The summed E-state index contributed by atoms with van der Waals surface area (Å²) in [7, 11) is 0. The summed E-state index contributed by atoms with van der Waals surface area (Å²) >= 11 is 0. The third-order valence-electron chi connectivity index (χ3n) is 5.10. The van der Waals surface area contributed by atoms with Gasteiger partial charge in [-0.15, -0.1) is 0 Å². The maximum atomic E-state index is 12.7. The van der Waals surface area contributed by atoms with Gasteiger partial charge in [-0.2, -0.15) is 13.2 Å². The highest BCUT2D eigenvalue weighted by Crippen LogP contribution is 2.29. The Labute approximate surface area is 160 Å². The van der Waals surface area contributed by atoms with Gasteiger partial charge < -0.3 is 10.3 Å². The molecule has 7 heteroatoms. The van der Waals surface area contributed by atoms with Gasteiger partial charge in [-0.1, -0.05) is 12.1 Å². The molecule has 2 heterocycles. The maximum absolute atomic E-state index is 12.7. The molecule has 2 N–H and O–H groups in total. The first-order valence-corrected chi connectivity index (χ1v) is 9.15. The fourth-order valence-electron chi connectivity index (χ4n) is 3.67. The Bertz CT molecular complexity index is 1030. The van der Waals surface area contributed by atoms with Crippen LogP contribution in [-0.2, 0) is 12.7 Å². The van der Waals surface area contributed by atoms with Gasteiger partial charge in [0.2, 0.25) is 0 Å². The van der Waals surface area contributed by atoms with E-state index >= 15 is 0 Å². The largest absolute Gasteiger partial charge is 0.416 e. The van der Waals surface area contributed by atoms with Crippen LogP contribution in [0, 0.1) is 0 Å². The topological polar surface area (TPSA) is 48.1 Å². The van der Waals surface area contributed by atoms with E-state index < -0.39 is 11.7 Å².